The lowest BCUT2D eigenvalue weighted by molar-refractivity contribution is 0.340. The molecule has 20 heavy (non-hydrogen) atoms. The van der Waals surface area contributed by atoms with Crippen molar-refractivity contribution in [2.45, 2.75) is 25.7 Å². The standard InChI is InChI=1S/C16H20N2OS/c1-2-19-14-7-5-12(6-8-14)15-11-20-16(18-15)13-4-3-9-17-10-13/h5-8,11,13,17H,2-4,9-10H2,1H3. The Hall–Kier alpha value is -1.39. The molecule has 1 saturated heterocycles. The molecule has 2 aromatic rings. The van der Waals surface area contributed by atoms with Gasteiger partial charge in [0.15, 0.2) is 0 Å². The zero-order valence-electron chi connectivity index (χ0n) is 11.8. The van der Waals surface area contributed by atoms with Gasteiger partial charge in [0.25, 0.3) is 0 Å². The Morgan fingerprint density at radius 2 is 2.20 bits per heavy atom. The minimum atomic E-state index is 0.588. The summed E-state index contributed by atoms with van der Waals surface area (Å²) in [4.78, 5) is 4.82. The van der Waals surface area contributed by atoms with Crippen LogP contribution in [0.15, 0.2) is 29.6 Å². The number of ether oxygens (including phenoxy) is 1. The number of hydrogen-bond acceptors (Lipinski definition) is 4. The lowest BCUT2D eigenvalue weighted by Crippen LogP contribution is -2.28. The Balaban J connectivity index is 1.75. The monoisotopic (exact) mass is 288 g/mol. The van der Waals surface area contributed by atoms with Gasteiger partial charge in [0.05, 0.1) is 17.3 Å². The molecule has 1 aliphatic rings. The molecule has 3 nitrogen and oxygen atoms in total. The summed E-state index contributed by atoms with van der Waals surface area (Å²) in [5, 5.41) is 6.89. The van der Waals surface area contributed by atoms with Crippen LogP contribution in [0.4, 0.5) is 0 Å². The first-order chi connectivity index (χ1) is 9.86. The molecule has 0 radical (unpaired) electrons. The molecule has 1 N–H and O–H groups in total. The number of nitrogens with zero attached hydrogens (tertiary/aromatic N) is 1. The van der Waals surface area contributed by atoms with E-state index in [1.54, 1.807) is 11.3 Å². The summed E-state index contributed by atoms with van der Waals surface area (Å²) in [5.74, 6) is 1.51. The van der Waals surface area contributed by atoms with E-state index in [0.717, 1.165) is 24.5 Å². The molecule has 1 unspecified atom stereocenters. The van der Waals surface area contributed by atoms with Gasteiger partial charge in [0, 0.05) is 23.4 Å². The second-order valence-electron chi connectivity index (χ2n) is 5.07. The molecular formula is C16H20N2OS. The second kappa shape index (κ2) is 6.37. The molecule has 1 aliphatic heterocycles. The average molecular weight is 288 g/mol. The molecule has 2 heterocycles. The highest BCUT2D eigenvalue weighted by molar-refractivity contribution is 7.10. The molecule has 0 amide bonds. The SMILES string of the molecule is CCOc1ccc(-c2csc(C3CCCNC3)n2)cc1. The highest BCUT2D eigenvalue weighted by Crippen LogP contribution is 2.30. The van der Waals surface area contributed by atoms with Crippen molar-refractivity contribution < 1.29 is 4.74 Å². The van der Waals surface area contributed by atoms with Crippen LogP contribution in [0.3, 0.4) is 0 Å². The first-order valence-electron chi connectivity index (χ1n) is 7.26. The summed E-state index contributed by atoms with van der Waals surface area (Å²) in [6, 6.07) is 8.20. The number of rotatable bonds is 4. The van der Waals surface area contributed by atoms with Crippen molar-refractivity contribution in [2.24, 2.45) is 0 Å². The smallest absolute Gasteiger partial charge is 0.119 e. The van der Waals surface area contributed by atoms with E-state index in [1.807, 2.05) is 19.1 Å². The molecule has 1 atom stereocenters. The lowest BCUT2D eigenvalue weighted by atomic mass is 10.0. The van der Waals surface area contributed by atoms with Crippen LogP contribution in [-0.4, -0.2) is 24.7 Å². The van der Waals surface area contributed by atoms with Crippen LogP contribution >= 0.6 is 11.3 Å². The summed E-state index contributed by atoms with van der Waals surface area (Å²) < 4.78 is 5.47. The van der Waals surface area contributed by atoms with Gasteiger partial charge >= 0.3 is 0 Å². The molecule has 0 bridgehead atoms. The number of benzene rings is 1. The fourth-order valence-corrected chi connectivity index (χ4v) is 3.52. The Morgan fingerprint density at radius 3 is 2.90 bits per heavy atom. The normalized spacial score (nSPS) is 18.9. The molecule has 4 heteroatoms. The third-order valence-corrected chi connectivity index (χ3v) is 4.64. The van der Waals surface area contributed by atoms with E-state index in [9.17, 15) is 0 Å². The fourth-order valence-electron chi connectivity index (χ4n) is 2.56. The third kappa shape index (κ3) is 3.02. The summed E-state index contributed by atoms with van der Waals surface area (Å²) in [6.07, 6.45) is 2.51. The summed E-state index contributed by atoms with van der Waals surface area (Å²) in [7, 11) is 0. The van der Waals surface area contributed by atoms with Gasteiger partial charge in [0.1, 0.15) is 5.75 Å². The van der Waals surface area contributed by atoms with Crippen LogP contribution in [0.1, 0.15) is 30.7 Å². The Morgan fingerprint density at radius 1 is 1.35 bits per heavy atom. The first kappa shape index (κ1) is 13.6. The van der Waals surface area contributed by atoms with E-state index in [4.69, 9.17) is 9.72 Å². The predicted molar refractivity (Wildman–Crippen MR) is 83.6 cm³/mol. The molecule has 1 fully saturated rings. The van der Waals surface area contributed by atoms with Gasteiger partial charge in [0.2, 0.25) is 0 Å². The van der Waals surface area contributed by atoms with Crippen molar-refractivity contribution in [3.8, 4) is 17.0 Å². The van der Waals surface area contributed by atoms with Crippen LogP contribution in [0.5, 0.6) is 5.75 Å². The Labute approximate surface area is 124 Å². The van der Waals surface area contributed by atoms with Crippen LogP contribution < -0.4 is 10.1 Å². The fraction of sp³-hybridized carbons (Fsp3) is 0.438. The average Bonchev–Trinajstić information content (AvgIpc) is 2.99. The number of nitrogens with one attached hydrogen (secondary N) is 1. The summed E-state index contributed by atoms with van der Waals surface area (Å²) in [5.41, 5.74) is 2.25. The molecule has 0 spiro atoms. The highest BCUT2D eigenvalue weighted by atomic mass is 32.1. The van der Waals surface area contributed by atoms with Gasteiger partial charge < -0.3 is 10.1 Å². The quantitative estimate of drug-likeness (QED) is 0.932. The number of hydrogen-bond donors (Lipinski definition) is 1. The minimum absolute atomic E-state index is 0.588. The van der Waals surface area contributed by atoms with E-state index in [1.165, 1.54) is 23.4 Å². The zero-order valence-corrected chi connectivity index (χ0v) is 12.6. The van der Waals surface area contributed by atoms with Crippen molar-refractivity contribution in [2.75, 3.05) is 19.7 Å². The third-order valence-electron chi connectivity index (χ3n) is 3.63. The topological polar surface area (TPSA) is 34.1 Å². The Bertz CT molecular complexity index is 544. The van der Waals surface area contributed by atoms with Crippen LogP contribution in [0, 0.1) is 0 Å². The van der Waals surface area contributed by atoms with Gasteiger partial charge in [-0.3, -0.25) is 0 Å². The summed E-state index contributed by atoms with van der Waals surface area (Å²) in [6.45, 7) is 4.91. The van der Waals surface area contributed by atoms with Crippen molar-refractivity contribution in [3.05, 3.63) is 34.7 Å². The molecule has 0 saturated carbocycles. The molecule has 1 aromatic carbocycles. The van der Waals surface area contributed by atoms with E-state index >= 15 is 0 Å². The van der Waals surface area contributed by atoms with E-state index in [2.05, 4.69) is 22.8 Å². The number of piperidine rings is 1. The second-order valence-corrected chi connectivity index (χ2v) is 5.96. The molecule has 106 valence electrons. The van der Waals surface area contributed by atoms with Gasteiger partial charge in [-0.1, -0.05) is 0 Å². The van der Waals surface area contributed by atoms with Gasteiger partial charge in [-0.2, -0.15) is 0 Å². The van der Waals surface area contributed by atoms with Gasteiger partial charge in [-0.25, -0.2) is 4.98 Å². The van der Waals surface area contributed by atoms with E-state index in [-0.39, 0.29) is 0 Å². The largest absolute Gasteiger partial charge is 0.494 e. The van der Waals surface area contributed by atoms with Crippen LogP contribution in [-0.2, 0) is 0 Å². The minimum Gasteiger partial charge on any atom is -0.494 e. The first-order valence-corrected chi connectivity index (χ1v) is 8.14. The number of thiazole rings is 1. The van der Waals surface area contributed by atoms with Crippen LogP contribution in [0.2, 0.25) is 0 Å². The molecule has 0 aliphatic carbocycles. The molecular weight excluding hydrogens is 268 g/mol. The van der Waals surface area contributed by atoms with Crippen molar-refractivity contribution in [3.63, 3.8) is 0 Å². The highest BCUT2D eigenvalue weighted by Gasteiger charge is 2.18. The van der Waals surface area contributed by atoms with E-state index in [0.29, 0.717) is 12.5 Å². The predicted octanol–water partition coefficient (Wildman–Crippen LogP) is 3.68. The van der Waals surface area contributed by atoms with E-state index < -0.39 is 0 Å². The molecule has 3 rings (SSSR count). The van der Waals surface area contributed by atoms with Crippen molar-refractivity contribution >= 4 is 11.3 Å². The van der Waals surface area contributed by atoms with Gasteiger partial charge in [-0.15, -0.1) is 11.3 Å². The van der Waals surface area contributed by atoms with Crippen LogP contribution in [0.25, 0.3) is 11.3 Å². The number of aromatic nitrogens is 1. The lowest BCUT2D eigenvalue weighted by Gasteiger charge is -2.20. The van der Waals surface area contributed by atoms with Crippen molar-refractivity contribution in [1.82, 2.24) is 10.3 Å². The van der Waals surface area contributed by atoms with Gasteiger partial charge in [-0.05, 0) is 50.6 Å². The zero-order chi connectivity index (χ0) is 13.8. The maximum absolute atomic E-state index is 5.47. The van der Waals surface area contributed by atoms with Crippen molar-refractivity contribution in [1.29, 1.82) is 0 Å². The summed E-state index contributed by atoms with van der Waals surface area (Å²) >= 11 is 1.78. The Kier molecular flexibility index (Phi) is 4.33. The maximum atomic E-state index is 5.47. The molecule has 1 aromatic heterocycles. The maximum Gasteiger partial charge on any atom is 0.119 e.